The van der Waals surface area contributed by atoms with E-state index in [9.17, 15) is 4.79 Å². The summed E-state index contributed by atoms with van der Waals surface area (Å²) in [6.45, 7) is 3.23. The average molecular weight is 102 g/mol. The van der Waals surface area contributed by atoms with E-state index >= 15 is 0 Å². The van der Waals surface area contributed by atoms with Crippen molar-refractivity contribution < 1.29 is 4.79 Å². The molecular formula is C4H6OS. The second kappa shape index (κ2) is 2.97. The average Bonchev–Trinajstić information content (AvgIpc) is 1.65. The highest BCUT2D eigenvalue weighted by Crippen LogP contribution is 1.74. The van der Waals surface area contributed by atoms with Gasteiger partial charge in [0.25, 0.3) is 0 Å². The van der Waals surface area contributed by atoms with Gasteiger partial charge in [-0.1, -0.05) is 6.58 Å². The molecule has 0 bridgehead atoms. The van der Waals surface area contributed by atoms with E-state index in [1.54, 1.807) is 0 Å². The molecule has 2 heteroatoms. The third kappa shape index (κ3) is 2.03. The van der Waals surface area contributed by atoms with E-state index in [-0.39, 0.29) is 11.5 Å². The molecule has 0 unspecified atom stereocenters. The number of thiol groups is 1. The highest BCUT2D eigenvalue weighted by atomic mass is 32.1. The maximum atomic E-state index is 9.99. The zero-order valence-corrected chi connectivity index (χ0v) is 4.24. The lowest BCUT2D eigenvalue weighted by molar-refractivity contribution is -0.112. The molecule has 0 aromatic carbocycles. The van der Waals surface area contributed by atoms with Gasteiger partial charge in [0.1, 0.15) is 0 Å². The Morgan fingerprint density at radius 3 is 2.50 bits per heavy atom. The van der Waals surface area contributed by atoms with E-state index in [0.29, 0.717) is 0 Å². The third-order valence-electron chi connectivity index (χ3n) is 0.384. The molecule has 0 aliphatic carbocycles. The molecule has 1 nitrogen and oxygen atoms in total. The molecule has 0 N–H and O–H groups in total. The first-order valence-corrected chi connectivity index (χ1v) is 2.20. The van der Waals surface area contributed by atoms with Gasteiger partial charge in [-0.25, -0.2) is 0 Å². The molecule has 0 saturated heterocycles. The highest BCUT2D eigenvalue weighted by Gasteiger charge is 1.82. The first-order chi connectivity index (χ1) is 2.81. The van der Waals surface area contributed by atoms with Crippen molar-refractivity contribution in [2.45, 2.75) is 0 Å². The second-order valence-corrected chi connectivity index (χ2v) is 1.14. The first-order valence-electron chi connectivity index (χ1n) is 1.57. The number of rotatable bonds is 2. The van der Waals surface area contributed by atoms with Gasteiger partial charge in [-0.2, -0.15) is 12.6 Å². The van der Waals surface area contributed by atoms with E-state index in [4.69, 9.17) is 0 Å². The molecule has 0 heterocycles. The monoisotopic (exact) mass is 102 g/mol. The Labute approximate surface area is 42.5 Å². The van der Waals surface area contributed by atoms with Crippen LogP contribution in [0.4, 0.5) is 0 Å². The predicted octanol–water partition coefficient (Wildman–Crippen LogP) is 0.671. The number of hydrogen-bond donors (Lipinski definition) is 1. The van der Waals surface area contributed by atoms with Crippen molar-refractivity contribution in [3.63, 3.8) is 0 Å². The van der Waals surface area contributed by atoms with Crippen molar-refractivity contribution in [2.75, 3.05) is 5.75 Å². The van der Waals surface area contributed by atoms with Crippen LogP contribution < -0.4 is 0 Å². The summed E-state index contributed by atoms with van der Waals surface area (Å²) in [6.07, 6.45) is 1.26. The van der Waals surface area contributed by atoms with Gasteiger partial charge in [0, 0.05) is 0 Å². The molecule has 0 spiro atoms. The fraction of sp³-hybridized carbons (Fsp3) is 0.250. The second-order valence-electron chi connectivity index (χ2n) is 0.829. The van der Waals surface area contributed by atoms with Crippen LogP contribution >= 0.6 is 12.6 Å². The smallest absolute Gasteiger partial charge is 0.164 e. The van der Waals surface area contributed by atoms with Crippen molar-refractivity contribution in [3.8, 4) is 0 Å². The Kier molecular flexibility index (Phi) is 2.85. The summed E-state index contributed by atoms with van der Waals surface area (Å²) in [5.41, 5.74) is 0. The van der Waals surface area contributed by atoms with Crippen LogP contribution in [-0.4, -0.2) is 11.5 Å². The van der Waals surface area contributed by atoms with Gasteiger partial charge in [0.05, 0.1) is 5.75 Å². The molecule has 0 fully saturated rings. The van der Waals surface area contributed by atoms with Gasteiger partial charge in [0.15, 0.2) is 5.78 Å². The minimum absolute atomic E-state index is 0.0293. The molecule has 0 aromatic rings. The van der Waals surface area contributed by atoms with Gasteiger partial charge in [-0.3, -0.25) is 4.79 Å². The quantitative estimate of drug-likeness (QED) is 0.400. The van der Waals surface area contributed by atoms with E-state index in [2.05, 4.69) is 19.2 Å². The minimum atomic E-state index is -0.0293. The largest absolute Gasteiger partial charge is 0.294 e. The number of hydrogen-bond acceptors (Lipinski definition) is 2. The summed E-state index contributed by atoms with van der Waals surface area (Å²) in [7, 11) is 0. The van der Waals surface area contributed by atoms with Gasteiger partial charge < -0.3 is 0 Å². The standard InChI is InChI=1S/C4H6OS/c1-2-4(5)3-6/h2,6H,1,3H2. The van der Waals surface area contributed by atoms with Crippen molar-refractivity contribution in [3.05, 3.63) is 12.7 Å². The number of carbonyl (C=O) groups is 1. The highest BCUT2D eigenvalue weighted by molar-refractivity contribution is 7.81. The van der Waals surface area contributed by atoms with Crippen LogP contribution in [0.15, 0.2) is 12.7 Å². The molecule has 0 aliphatic rings. The van der Waals surface area contributed by atoms with Crippen LogP contribution in [0.2, 0.25) is 0 Å². The molecule has 0 amide bonds. The minimum Gasteiger partial charge on any atom is -0.294 e. The van der Waals surface area contributed by atoms with Crippen LogP contribution in [0.25, 0.3) is 0 Å². The molecule has 6 heavy (non-hydrogen) atoms. The van der Waals surface area contributed by atoms with Gasteiger partial charge in [0.2, 0.25) is 0 Å². The van der Waals surface area contributed by atoms with Crippen LogP contribution in [0.1, 0.15) is 0 Å². The molecule has 0 aromatic heterocycles. The van der Waals surface area contributed by atoms with Gasteiger partial charge in [-0.05, 0) is 6.08 Å². The maximum Gasteiger partial charge on any atom is 0.164 e. The number of ketones is 1. The van der Waals surface area contributed by atoms with E-state index in [1.165, 1.54) is 6.08 Å². The lowest BCUT2D eigenvalue weighted by atomic mass is 10.5. The van der Waals surface area contributed by atoms with E-state index < -0.39 is 0 Å². The molecule has 0 rings (SSSR count). The van der Waals surface area contributed by atoms with Crippen molar-refractivity contribution in [1.29, 1.82) is 0 Å². The number of allylic oxidation sites excluding steroid dienone is 1. The van der Waals surface area contributed by atoms with E-state index in [0.717, 1.165) is 0 Å². The lowest BCUT2D eigenvalue weighted by Gasteiger charge is -1.74. The molecule has 34 valence electrons. The van der Waals surface area contributed by atoms with Crippen LogP contribution in [0, 0.1) is 0 Å². The van der Waals surface area contributed by atoms with E-state index in [1.807, 2.05) is 0 Å². The Hall–Kier alpha value is -0.240. The zero-order valence-electron chi connectivity index (χ0n) is 3.35. The first kappa shape index (κ1) is 5.76. The molecule has 0 radical (unpaired) electrons. The Bertz CT molecular complexity index is 67.9. The Morgan fingerprint density at radius 1 is 2.00 bits per heavy atom. The van der Waals surface area contributed by atoms with Crippen LogP contribution in [0.3, 0.4) is 0 Å². The molecular weight excluding hydrogens is 96.1 g/mol. The SMILES string of the molecule is C=CC(=O)CS. The van der Waals surface area contributed by atoms with Gasteiger partial charge in [-0.15, -0.1) is 0 Å². The maximum absolute atomic E-state index is 9.99. The lowest BCUT2D eigenvalue weighted by Crippen LogP contribution is -1.89. The van der Waals surface area contributed by atoms with Crippen LogP contribution in [-0.2, 0) is 4.79 Å². The summed E-state index contributed by atoms with van der Waals surface area (Å²) >= 11 is 3.67. The summed E-state index contributed by atoms with van der Waals surface area (Å²) in [5, 5.41) is 0. The number of carbonyl (C=O) groups excluding carboxylic acids is 1. The van der Waals surface area contributed by atoms with Gasteiger partial charge >= 0.3 is 0 Å². The molecule has 0 atom stereocenters. The van der Waals surface area contributed by atoms with Crippen LogP contribution in [0.5, 0.6) is 0 Å². The Balaban J connectivity index is 3.23. The topological polar surface area (TPSA) is 17.1 Å². The van der Waals surface area contributed by atoms with Crippen molar-refractivity contribution in [1.82, 2.24) is 0 Å². The summed E-state index contributed by atoms with van der Waals surface area (Å²) in [5.74, 6) is 0.238. The summed E-state index contributed by atoms with van der Waals surface area (Å²) < 4.78 is 0. The Morgan fingerprint density at radius 2 is 2.50 bits per heavy atom. The van der Waals surface area contributed by atoms with Crippen molar-refractivity contribution >= 4 is 18.4 Å². The third-order valence-corrected chi connectivity index (χ3v) is 0.695. The summed E-state index contributed by atoms with van der Waals surface area (Å²) in [6, 6.07) is 0. The zero-order chi connectivity index (χ0) is 4.99. The summed E-state index contributed by atoms with van der Waals surface area (Å²) in [4.78, 5) is 9.99. The molecule has 0 saturated carbocycles. The normalized spacial score (nSPS) is 7.50. The molecule has 0 aliphatic heterocycles. The fourth-order valence-electron chi connectivity index (χ4n) is 0.0645. The van der Waals surface area contributed by atoms with Crippen molar-refractivity contribution in [2.24, 2.45) is 0 Å². The predicted molar refractivity (Wildman–Crippen MR) is 29.1 cm³/mol. The fourth-order valence-corrected chi connectivity index (χ4v) is 0.194.